The predicted molar refractivity (Wildman–Crippen MR) is 88.9 cm³/mol. The largest absolute Gasteiger partial charge is 0.312 e. The maximum absolute atomic E-state index is 12.7. The van der Waals surface area contributed by atoms with Gasteiger partial charge in [-0.05, 0) is 32.6 Å². The first-order valence-corrected chi connectivity index (χ1v) is 8.26. The SMILES string of the molecule is Cc1csc(CN2C(=O)c3ccc(CN(C)C)cc3C2C#N)n1. The minimum absolute atomic E-state index is 0.0872. The summed E-state index contributed by atoms with van der Waals surface area (Å²) in [5, 5.41) is 12.4. The van der Waals surface area contributed by atoms with Crippen LogP contribution in [0.3, 0.4) is 0 Å². The van der Waals surface area contributed by atoms with Gasteiger partial charge in [0, 0.05) is 28.7 Å². The van der Waals surface area contributed by atoms with Crippen molar-refractivity contribution in [1.82, 2.24) is 14.8 Å². The van der Waals surface area contributed by atoms with E-state index in [-0.39, 0.29) is 5.91 Å². The fraction of sp³-hybridized carbons (Fsp3) is 0.353. The molecule has 0 spiro atoms. The van der Waals surface area contributed by atoms with Crippen molar-refractivity contribution in [2.24, 2.45) is 0 Å². The molecule has 118 valence electrons. The Labute approximate surface area is 139 Å². The van der Waals surface area contributed by atoms with Crippen LogP contribution in [0.5, 0.6) is 0 Å². The Morgan fingerprint density at radius 3 is 2.83 bits per heavy atom. The molecule has 1 aliphatic rings. The molecule has 0 saturated carbocycles. The van der Waals surface area contributed by atoms with Crippen LogP contribution >= 0.6 is 11.3 Å². The Morgan fingerprint density at radius 1 is 1.43 bits per heavy atom. The summed E-state index contributed by atoms with van der Waals surface area (Å²) in [7, 11) is 3.99. The average molecular weight is 326 g/mol. The van der Waals surface area contributed by atoms with E-state index in [1.807, 2.05) is 44.6 Å². The number of rotatable bonds is 4. The number of hydrogen-bond acceptors (Lipinski definition) is 5. The van der Waals surface area contributed by atoms with Gasteiger partial charge in [-0.3, -0.25) is 4.79 Å². The third kappa shape index (κ3) is 2.98. The van der Waals surface area contributed by atoms with Crippen LogP contribution in [0.15, 0.2) is 23.6 Å². The molecule has 5 nitrogen and oxygen atoms in total. The molecule has 0 saturated heterocycles. The predicted octanol–water partition coefficient (Wildman–Crippen LogP) is 2.73. The minimum atomic E-state index is -0.538. The van der Waals surface area contributed by atoms with E-state index in [4.69, 9.17) is 0 Å². The zero-order valence-electron chi connectivity index (χ0n) is 13.4. The van der Waals surface area contributed by atoms with Gasteiger partial charge < -0.3 is 9.80 Å². The van der Waals surface area contributed by atoms with Crippen molar-refractivity contribution in [2.45, 2.75) is 26.1 Å². The minimum Gasteiger partial charge on any atom is -0.312 e. The molecule has 0 aliphatic carbocycles. The summed E-state index contributed by atoms with van der Waals surface area (Å²) in [5.74, 6) is -0.0872. The number of hydrogen-bond donors (Lipinski definition) is 0. The van der Waals surface area contributed by atoms with E-state index in [0.29, 0.717) is 12.1 Å². The van der Waals surface area contributed by atoms with Crippen LogP contribution in [0.1, 0.15) is 38.2 Å². The van der Waals surface area contributed by atoms with Crippen molar-refractivity contribution in [3.63, 3.8) is 0 Å². The summed E-state index contributed by atoms with van der Waals surface area (Å²) in [6.45, 7) is 3.09. The molecule has 6 heteroatoms. The Kier molecular flexibility index (Phi) is 4.16. The van der Waals surface area contributed by atoms with Crippen molar-refractivity contribution < 1.29 is 4.79 Å². The summed E-state index contributed by atoms with van der Waals surface area (Å²) < 4.78 is 0. The molecule has 23 heavy (non-hydrogen) atoms. The number of aromatic nitrogens is 1. The zero-order chi connectivity index (χ0) is 16.6. The smallest absolute Gasteiger partial charge is 0.255 e. The van der Waals surface area contributed by atoms with Crippen molar-refractivity contribution in [3.8, 4) is 6.07 Å². The van der Waals surface area contributed by atoms with Gasteiger partial charge in [-0.15, -0.1) is 11.3 Å². The molecule has 0 radical (unpaired) electrons. The second kappa shape index (κ2) is 6.11. The molecule has 1 atom stereocenters. The summed E-state index contributed by atoms with van der Waals surface area (Å²) in [4.78, 5) is 20.7. The number of carbonyl (C=O) groups excluding carboxylic acids is 1. The van der Waals surface area contributed by atoms with Gasteiger partial charge >= 0.3 is 0 Å². The van der Waals surface area contributed by atoms with Gasteiger partial charge in [-0.25, -0.2) is 4.98 Å². The van der Waals surface area contributed by atoms with E-state index in [9.17, 15) is 10.1 Å². The van der Waals surface area contributed by atoms with Crippen LogP contribution < -0.4 is 0 Å². The van der Waals surface area contributed by atoms with Gasteiger partial charge in [0.2, 0.25) is 0 Å². The van der Waals surface area contributed by atoms with Gasteiger partial charge in [0.1, 0.15) is 11.0 Å². The highest BCUT2D eigenvalue weighted by Crippen LogP contribution is 2.35. The van der Waals surface area contributed by atoms with E-state index in [2.05, 4.69) is 16.0 Å². The van der Waals surface area contributed by atoms with E-state index >= 15 is 0 Å². The molecule has 2 aromatic rings. The average Bonchev–Trinajstić information content (AvgIpc) is 3.01. The number of thiazole rings is 1. The highest BCUT2D eigenvalue weighted by Gasteiger charge is 2.37. The van der Waals surface area contributed by atoms with Crippen LogP contribution in [0.25, 0.3) is 0 Å². The molecule has 0 fully saturated rings. The summed E-state index contributed by atoms with van der Waals surface area (Å²) in [5.41, 5.74) is 3.49. The monoisotopic (exact) mass is 326 g/mol. The van der Waals surface area contributed by atoms with Crippen molar-refractivity contribution >= 4 is 17.2 Å². The van der Waals surface area contributed by atoms with Crippen LogP contribution in [0.4, 0.5) is 0 Å². The summed E-state index contributed by atoms with van der Waals surface area (Å²) in [6.07, 6.45) is 0. The van der Waals surface area contributed by atoms with E-state index < -0.39 is 6.04 Å². The van der Waals surface area contributed by atoms with Gasteiger partial charge in [0.25, 0.3) is 5.91 Å². The molecule has 1 amide bonds. The fourth-order valence-corrected chi connectivity index (χ4v) is 3.63. The van der Waals surface area contributed by atoms with E-state index in [1.54, 1.807) is 4.90 Å². The summed E-state index contributed by atoms with van der Waals surface area (Å²) in [6, 6.07) is 7.52. The van der Waals surface area contributed by atoms with Gasteiger partial charge in [0.15, 0.2) is 0 Å². The Balaban J connectivity index is 1.92. The van der Waals surface area contributed by atoms with E-state index in [1.165, 1.54) is 11.3 Å². The molecule has 1 unspecified atom stereocenters. The lowest BCUT2D eigenvalue weighted by atomic mass is 10.0. The van der Waals surface area contributed by atoms with Gasteiger partial charge in [0.05, 0.1) is 12.6 Å². The number of amides is 1. The molecular formula is C17H18N4OS. The number of fused-ring (bicyclic) bond motifs is 1. The van der Waals surface area contributed by atoms with Gasteiger partial charge in [-0.2, -0.15) is 5.26 Å². The lowest BCUT2D eigenvalue weighted by Crippen LogP contribution is -2.26. The third-order valence-corrected chi connectivity index (χ3v) is 4.76. The second-order valence-electron chi connectivity index (χ2n) is 6.01. The third-order valence-electron chi connectivity index (χ3n) is 3.81. The molecule has 0 bridgehead atoms. The number of aryl methyl sites for hydroxylation is 1. The van der Waals surface area contributed by atoms with Crippen LogP contribution in [-0.4, -0.2) is 34.8 Å². The molecule has 1 aliphatic heterocycles. The maximum Gasteiger partial charge on any atom is 0.255 e. The number of nitriles is 1. The van der Waals surface area contributed by atoms with Crippen LogP contribution in [0, 0.1) is 18.3 Å². The lowest BCUT2D eigenvalue weighted by Gasteiger charge is -2.18. The number of carbonyl (C=O) groups is 1. The van der Waals surface area contributed by atoms with Gasteiger partial charge in [-0.1, -0.05) is 12.1 Å². The number of nitrogens with zero attached hydrogens (tertiary/aromatic N) is 4. The fourth-order valence-electron chi connectivity index (χ4n) is 2.86. The first-order valence-electron chi connectivity index (χ1n) is 7.38. The second-order valence-corrected chi connectivity index (χ2v) is 6.95. The number of benzene rings is 1. The highest BCUT2D eigenvalue weighted by atomic mass is 32.1. The quantitative estimate of drug-likeness (QED) is 0.867. The van der Waals surface area contributed by atoms with E-state index in [0.717, 1.165) is 28.4 Å². The van der Waals surface area contributed by atoms with Crippen LogP contribution in [-0.2, 0) is 13.1 Å². The summed E-state index contributed by atoms with van der Waals surface area (Å²) >= 11 is 1.52. The molecule has 3 rings (SSSR count). The molecule has 1 aromatic heterocycles. The maximum atomic E-state index is 12.7. The van der Waals surface area contributed by atoms with Crippen molar-refractivity contribution in [1.29, 1.82) is 5.26 Å². The zero-order valence-corrected chi connectivity index (χ0v) is 14.2. The molecule has 0 N–H and O–H groups in total. The molecule has 2 heterocycles. The van der Waals surface area contributed by atoms with Crippen molar-refractivity contribution in [3.05, 3.63) is 51.0 Å². The molecular weight excluding hydrogens is 308 g/mol. The lowest BCUT2D eigenvalue weighted by molar-refractivity contribution is 0.0744. The topological polar surface area (TPSA) is 60.2 Å². The first kappa shape index (κ1) is 15.7. The Morgan fingerprint density at radius 2 is 2.22 bits per heavy atom. The Hall–Kier alpha value is -2.23. The first-order chi connectivity index (χ1) is 11.0. The standard InChI is InChI=1S/C17H18N4OS/c1-11-10-23-16(19-11)9-21-15(7-18)14-6-12(8-20(2)3)4-5-13(14)17(21)22/h4-6,10,15H,8-9H2,1-3H3. The van der Waals surface area contributed by atoms with Crippen LogP contribution in [0.2, 0.25) is 0 Å². The Bertz CT molecular complexity index is 790. The normalized spacial score (nSPS) is 16.7. The highest BCUT2D eigenvalue weighted by molar-refractivity contribution is 7.09. The van der Waals surface area contributed by atoms with Crippen molar-refractivity contribution in [2.75, 3.05) is 14.1 Å². The molecule has 1 aromatic carbocycles.